The molecule has 6 heteroatoms. The molecule has 2 fully saturated rings. The second-order valence-electron chi connectivity index (χ2n) is 7.03. The van der Waals surface area contributed by atoms with E-state index >= 15 is 0 Å². The Labute approximate surface area is 148 Å². The van der Waals surface area contributed by atoms with Gasteiger partial charge < -0.3 is 15.4 Å². The topological polar surface area (TPSA) is 55.6 Å². The number of likely N-dealkylation sites (N-methyl/N-ethyl adjacent to an activating group) is 1. The molecule has 4 nitrogen and oxygen atoms in total. The fraction of sp³-hybridized carbons (Fsp3) is 0.706. The second-order valence-corrected chi connectivity index (χ2v) is 8.06. The lowest BCUT2D eigenvalue weighted by molar-refractivity contribution is -0.230. The predicted octanol–water partition coefficient (Wildman–Crippen LogP) is 3.05. The van der Waals surface area contributed by atoms with E-state index in [1.165, 1.54) is 4.88 Å². The number of rotatable bonds is 4. The third-order valence-corrected chi connectivity index (χ3v) is 6.50. The number of nitrogens with zero attached hydrogens (tertiary/aromatic N) is 1. The maximum atomic E-state index is 13.2. The fourth-order valence-electron chi connectivity index (χ4n) is 4.19. The summed E-state index contributed by atoms with van der Waals surface area (Å²) in [5.74, 6) is 0.237. The highest BCUT2D eigenvalue weighted by Gasteiger charge is 2.70. The van der Waals surface area contributed by atoms with Crippen LogP contribution in [0, 0.1) is 11.3 Å². The van der Waals surface area contributed by atoms with Gasteiger partial charge in [0.25, 0.3) is 0 Å². The molecule has 1 aromatic heterocycles. The molecular weight excluding hydrogens is 332 g/mol. The molecule has 2 heterocycles. The Morgan fingerprint density at radius 1 is 1.52 bits per heavy atom. The summed E-state index contributed by atoms with van der Waals surface area (Å²) in [4.78, 5) is 16.3. The van der Waals surface area contributed by atoms with Gasteiger partial charge in [0.1, 0.15) is 5.54 Å². The van der Waals surface area contributed by atoms with Crippen LogP contribution >= 0.6 is 23.7 Å². The molecule has 1 aliphatic heterocycles. The Bertz CT molecular complexity index is 549. The van der Waals surface area contributed by atoms with Crippen LogP contribution in [0.3, 0.4) is 0 Å². The van der Waals surface area contributed by atoms with Crippen molar-refractivity contribution in [2.75, 3.05) is 13.2 Å². The molecule has 0 aromatic carbocycles. The summed E-state index contributed by atoms with van der Waals surface area (Å²) in [7, 11) is 0. The van der Waals surface area contributed by atoms with E-state index in [9.17, 15) is 4.79 Å². The Hall–Kier alpha value is -0.620. The normalized spacial score (nSPS) is 31.5. The van der Waals surface area contributed by atoms with Gasteiger partial charge in [0, 0.05) is 29.4 Å². The van der Waals surface area contributed by atoms with Gasteiger partial charge in [-0.3, -0.25) is 4.79 Å². The van der Waals surface area contributed by atoms with E-state index in [1.54, 1.807) is 11.3 Å². The molecule has 1 saturated heterocycles. The number of fused-ring (bicyclic) bond motifs is 1. The summed E-state index contributed by atoms with van der Waals surface area (Å²) < 4.78 is 5.91. The van der Waals surface area contributed by atoms with Crippen molar-refractivity contribution in [1.82, 2.24) is 4.90 Å². The molecule has 1 aromatic rings. The predicted molar refractivity (Wildman–Crippen MR) is 95.8 cm³/mol. The summed E-state index contributed by atoms with van der Waals surface area (Å²) in [5, 5.41) is 2.05. The molecule has 130 valence electrons. The first-order valence-corrected chi connectivity index (χ1v) is 9.03. The molecule has 0 spiro atoms. The van der Waals surface area contributed by atoms with E-state index in [4.69, 9.17) is 10.5 Å². The Kier molecular flexibility index (Phi) is 5.46. The van der Waals surface area contributed by atoms with Crippen LogP contribution in [0.2, 0.25) is 0 Å². The molecule has 23 heavy (non-hydrogen) atoms. The number of ether oxygens (including phenoxy) is 1. The summed E-state index contributed by atoms with van der Waals surface area (Å²) >= 11 is 1.68. The van der Waals surface area contributed by atoms with E-state index in [1.807, 2.05) is 23.3 Å². The van der Waals surface area contributed by atoms with Crippen molar-refractivity contribution in [2.24, 2.45) is 17.1 Å². The zero-order valence-electron chi connectivity index (χ0n) is 14.1. The monoisotopic (exact) mass is 358 g/mol. The standard InChI is InChI=1S/C17H26N2O2S.ClH/c1-4-19(11-12-7-6-10-22-12)15(20)17(18)13-8-5-9-21-14(13)16(17,2)3;/h6-7,10,13-14H,4-5,8-9,11,18H2,1-3H3;1H. The van der Waals surface area contributed by atoms with E-state index < -0.39 is 5.54 Å². The SMILES string of the molecule is CCN(Cc1cccs1)C(=O)C1(N)C2CCCOC2C1(C)C.Cl. The number of amides is 1. The smallest absolute Gasteiger partial charge is 0.244 e. The van der Waals surface area contributed by atoms with Crippen molar-refractivity contribution in [3.63, 3.8) is 0 Å². The van der Waals surface area contributed by atoms with Crippen molar-refractivity contribution >= 4 is 29.7 Å². The van der Waals surface area contributed by atoms with Crippen molar-refractivity contribution in [2.45, 2.75) is 51.8 Å². The lowest BCUT2D eigenvalue weighted by Crippen LogP contribution is -2.82. The number of hydrogen-bond donors (Lipinski definition) is 1. The molecular formula is C17H27ClN2O2S. The Morgan fingerprint density at radius 2 is 2.26 bits per heavy atom. The van der Waals surface area contributed by atoms with Crippen LogP contribution in [-0.2, 0) is 16.1 Å². The number of nitrogens with two attached hydrogens (primary N) is 1. The summed E-state index contributed by atoms with van der Waals surface area (Å²) in [6.45, 7) is 8.31. The first kappa shape index (κ1) is 18.7. The largest absolute Gasteiger partial charge is 0.377 e. The maximum absolute atomic E-state index is 13.2. The van der Waals surface area contributed by atoms with E-state index in [0.717, 1.165) is 19.4 Å². The van der Waals surface area contributed by atoms with Crippen LogP contribution in [0.5, 0.6) is 0 Å². The third-order valence-electron chi connectivity index (χ3n) is 5.63. The Morgan fingerprint density at radius 3 is 2.87 bits per heavy atom. The van der Waals surface area contributed by atoms with Crippen LogP contribution in [-0.4, -0.2) is 35.6 Å². The molecule has 2 N–H and O–H groups in total. The van der Waals surface area contributed by atoms with E-state index in [2.05, 4.69) is 19.9 Å². The van der Waals surface area contributed by atoms with Crippen LogP contribution in [0.4, 0.5) is 0 Å². The highest BCUT2D eigenvalue weighted by atomic mass is 35.5. The van der Waals surface area contributed by atoms with Gasteiger partial charge in [0.15, 0.2) is 0 Å². The molecule has 1 amide bonds. The minimum Gasteiger partial charge on any atom is -0.377 e. The first-order chi connectivity index (χ1) is 10.4. The highest BCUT2D eigenvalue weighted by Crippen LogP contribution is 2.58. The molecule has 2 aliphatic rings. The molecule has 1 aliphatic carbocycles. The third kappa shape index (κ3) is 2.72. The average molecular weight is 359 g/mol. The van der Waals surface area contributed by atoms with Crippen molar-refractivity contribution < 1.29 is 9.53 Å². The van der Waals surface area contributed by atoms with Gasteiger partial charge in [-0.05, 0) is 31.2 Å². The fourth-order valence-corrected chi connectivity index (χ4v) is 4.91. The quantitative estimate of drug-likeness (QED) is 0.899. The van der Waals surface area contributed by atoms with E-state index in [-0.39, 0.29) is 35.8 Å². The van der Waals surface area contributed by atoms with Crippen LogP contribution in [0.15, 0.2) is 17.5 Å². The van der Waals surface area contributed by atoms with Gasteiger partial charge in [-0.15, -0.1) is 23.7 Å². The van der Waals surface area contributed by atoms with Gasteiger partial charge in [0.05, 0.1) is 12.6 Å². The van der Waals surface area contributed by atoms with Gasteiger partial charge >= 0.3 is 0 Å². The molecule has 1 saturated carbocycles. The number of thiophene rings is 1. The minimum atomic E-state index is -0.800. The highest BCUT2D eigenvalue weighted by molar-refractivity contribution is 7.09. The van der Waals surface area contributed by atoms with Crippen LogP contribution in [0.25, 0.3) is 0 Å². The Balaban J connectivity index is 0.00000192. The zero-order valence-corrected chi connectivity index (χ0v) is 15.7. The molecule has 3 unspecified atom stereocenters. The maximum Gasteiger partial charge on any atom is 0.244 e. The van der Waals surface area contributed by atoms with Gasteiger partial charge in [-0.1, -0.05) is 19.9 Å². The first-order valence-electron chi connectivity index (χ1n) is 8.15. The lowest BCUT2D eigenvalue weighted by Gasteiger charge is -2.65. The van der Waals surface area contributed by atoms with Gasteiger partial charge in [-0.2, -0.15) is 0 Å². The number of hydrogen-bond acceptors (Lipinski definition) is 4. The molecule has 3 rings (SSSR count). The molecule has 0 bridgehead atoms. The van der Waals surface area contributed by atoms with Gasteiger partial charge in [0.2, 0.25) is 5.91 Å². The molecule has 0 radical (unpaired) electrons. The minimum absolute atomic E-state index is 0. The zero-order chi connectivity index (χ0) is 16.0. The summed E-state index contributed by atoms with van der Waals surface area (Å²) in [6.07, 6.45) is 2.11. The number of halogens is 1. The summed E-state index contributed by atoms with van der Waals surface area (Å²) in [6, 6.07) is 4.09. The van der Waals surface area contributed by atoms with E-state index in [0.29, 0.717) is 13.1 Å². The van der Waals surface area contributed by atoms with Crippen LogP contribution < -0.4 is 5.73 Å². The lowest BCUT2D eigenvalue weighted by atomic mass is 9.46. The van der Waals surface area contributed by atoms with Crippen molar-refractivity contribution in [3.05, 3.63) is 22.4 Å². The second kappa shape index (κ2) is 6.71. The number of carbonyl (C=O) groups is 1. The summed E-state index contributed by atoms with van der Waals surface area (Å²) in [5.41, 5.74) is 5.61. The van der Waals surface area contributed by atoms with Crippen molar-refractivity contribution in [3.8, 4) is 0 Å². The van der Waals surface area contributed by atoms with Gasteiger partial charge in [-0.25, -0.2) is 0 Å². The van der Waals surface area contributed by atoms with Crippen molar-refractivity contribution in [1.29, 1.82) is 0 Å². The number of carbonyl (C=O) groups excluding carboxylic acids is 1. The van der Waals surface area contributed by atoms with Crippen LogP contribution in [0.1, 0.15) is 38.5 Å². The average Bonchev–Trinajstić information content (AvgIpc) is 3.04. The molecule has 3 atom stereocenters.